The maximum Gasteiger partial charge on any atom is 0.103 e. The standard InChI is InChI=1S/C11H17N3O/c1-7-12-5-8(14-7)6-13-10-4-9-2-3-11(10)15-9/h5,9-11,13H,2-4,6H2,1H3,(H,12,14). The molecule has 3 heterocycles. The van der Waals surface area contributed by atoms with Crippen molar-refractivity contribution in [2.45, 2.75) is 51.0 Å². The fraction of sp³-hybridized carbons (Fsp3) is 0.727. The SMILES string of the molecule is Cc1ncc(CNC2CC3CCC2O3)[nH]1. The number of aryl methyl sites for hydroxylation is 1. The predicted octanol–water partition coefficient (Wildman–Crippen LogP) is 1.13. The van der Waals surface area contributed by atoms with E-state index in [1.807, 2.05) is 13.1 Å². The molecule has 3 unspecified atom stereocenters. The van der Waals surface area contributed by atoms with Crippen LogP contribution in [0.4, 0.5) is 0 Å². The summed E-state index contributed by atoms with van der Waals surface area (Å²) in [5.74, 6) is 0.982. The Morgan fingerprint density at radius 3 is 3.13 bits per heavy atom. The summed E-state index contributed by atoms with van der Waals surface area (Å²) in [6, 6.07) is 0.548. The highest BCUT2D eigenvalue weighted by Crippen LogP contribution is 2.34. The summed E-state index contributed by atoms with van der Waals surface area (Å²) >= 11 is 0. The molecule has 0 amide bonds. The first-order chi connectivity index (χ1) is 7.31. The molecular formula is C11H17N3O. The van der Waals surface area contributed by atoms with Gasteiger partial charge in [0, 0.05) is 24.5 Å². The first-order valence-corrected chi connectivity index (χ1v) is 5.70. The zero-order valence-electron chi connectivity index (χ0n) is 8.99. The van der Waals surface area contributed by atoms with Crippen LogP contribution in [0.2, 0.25) is 0 Å². The summed E-state index contributed by atoms with van der Waals surface area (Å²) in [6.07, 6.45) is 6.54. The third-order valence-electron chi connectivity index (χ3n) is 3.42. The van der Waals surface area contributed by atoms with Gasteiger partial charge in [0.05, 0.1) is 12.2 Å². The van der Waals surface area contributed by atoms with Crippen molar-refractivity contribution in [2.24, 2.45) is 0 Å². The van der Waals surface area contributed by atoms with Crippen molar-refractivity contribution in [3.63, 3.8) is 0 Å². The predicted molar refractivity (Wildman–Crippen MR) is 56.5 cm³/mol. The molecule has 2 bridgehead atoms. The average Bonchev–Trinajstić information content (AvgIpc) is 2.90. The fourth-order valence-electron chi connectivity index (χ4n) is 2.66. The topological polar surface area (TPSA) is 49.9 Å². The number of H-pyrrole nitrogens is 1. The second kappa shape index (κ2) is 3.61. The van der Waals surface area contributed by atoms with E-state index in [0.717, 1.165) is 18.1 Å². The van der Waals surface area contributed by atoms with Gasteiger partial charge in [0.15, 0.2) is 0 Å². The lowest BCUT2D eigenvalue weighted by Crippen LogP contribution is -2.37. The van der Waals surface area contributed by atoms with Crippen LogP contribution in [0.3, 0.4) is 0 Å². The van der Waals surface area contributed by atoms with E-state index in [0.29, 0.717) is 18.2 Å². The van der Waals surface area contributed by atoms with Gasteiger partial charge >= 0.3 is 0 Å². The minimum atomic E-state index is 0.457. The highest BCUT2D eigenvalue weighted by atomic mass is 16.5. The number of imidazole rings is 1. The largest absolute Gasteiger partial charge is 0.373 e. The Labute approximate surface area is 89.4 Å². The van der Waals surface area contributed by atoms with Gasteiger partial charge in [-0.15, -0.1) is 0 Å². The second-order valence-electron chi connectivity index (χ2n) is 4.59. The molecule has 0 aromatic carbocycles. The van der Waals surface area contributed by atoms with Crippen molar-refractivity contribution in [3.05, 3.63) is 17.7 Å². The van der Waals surface area contributed by atoms with Crippen LogP contribution < -0.4 is 5.32 Å². The zero-order chi connectivity index (χ0) is 10.3. The number of ether oxygens (including phenoxy) is 1. The molecule has 82 valence electrons. The summed E-state index contributed by atoms with van der Waals surface area (Å²) in [5, 5.41) is 3.55. The van der Waals surface area contributed by atoms with Crippen LogP contribution in [0, 0.1) is 6.92 Å². The number of fused-ring (bicyclic) bond motifs is 2. The Balaban J connectivity index is 1.54. The molecule has 4 heteroatoms. The van der Waals surface area contributed by atoms with Crippen LogP contribution in [0.5, 0.6) is 0 Å². The van der Waals surface area contributed by atoms with E-state index < -0.39 is 0 Å². The third-order valence-corrected chi connectivity index (χ3v) is 3.42. The first-order valence-electron chi connectivity index (χ1n) is 5.70. The fourth-order valence-corrected chi connectivity index (χ4v) is 2.66. The Bertz CT molecular complexity index is 349. The van der Waals surface area contributed by atoms with Gasteiger partial charge in [0.25, 0.3) is 0 Å². The lowest BCUT2D eigenvalue weighted by atomic mass is 9.95. The summed E-state index contributed by atoms with van der Waals surface area (Å²) in [4.78, 5) is 7.41. The summed E-state index contributed by atoms with van der Waals surface area (Å²) in [7, 11) is 0. The van der Waals surface area contributed by atoms with Crippen LogP contribution in [0.1, 0.15) is 30.8 Å². The maximum atomic E-state index is 5.79. The molecule has 2 N–H and O–H groups in total. The van der Waals surface area contributed by atoms with Crippen molar-refractivity contribution < 1.29 is 4.74 Å². The molecule has 3 atom stereocenters. The van der Waals surface area contributed by atoms with Crippen LogP contribution in [-0.4, -0.2) is 28.2 Å². The number of aromatic amines is 1. The molecule has 0 saturated carbocycles. The number of aromatic nitrogens is 2. The number of nitrogens with one attached hydrogen (secondary N) is 2. The van der Waals surface area contributed by atoms with E-state index in [1.165, 1.54) is 19.3 Å². The molecule has 0 spiro atoms. The van der Waals surface area contributed by atoms with E-state index in [9.17, 15) is 0 Å². The minimum Gasteiger partial charge on any atom is -0.373 e. The van der Waals surface area contributed by atoms with Crippen LogP contribution in [-0.2, 0) is 11.3 Å². The summed E-state index contributed by atoms with van der Waals surface area (Å²) in [5.41, 5.74) is 1.16. The Morgan fingerprint density at radius 1 is 1.60 bits per heavy atom. The maximum absolute atomic E-state index is 5.79. The Morgan fingerprint density at radius 2 is 2.53 bits per heavy atom. The Hall–Kier alpha value is -0.870. The van der Waals surface area contributed by atoms with Crippen molar-refractivity contribution >= 4 is 0 Å². The molecule has 0 radical (unpaired) electrons. The van der Waals surface area contributed by atoms with Gasteiger partial charge in [-0.2, -0.15) is 0 Å². The first kappa shape index (κ1) is 9.36. The van der Waals surface area contributed by atoms with Crippen LogP contribution in [0.25, 0.3) is 0 Å². The molecule has 1 aromatic heterocycles. The van der Waals surface area contributed by atoms with Crippen molar-refractivity contribution in [1.29, 1.82) is 0 Å². The van der Waals surface area contributed by atoms with Crippen LogP contribution in [0.15, 0.2) is 6.20 Å². The highest BCUT2D eigenvalue weighted by molar-refractivity contribution is 5.01. The lowest BCUT2D eigenvalue weighted by molar-refractivity contribution is 0.0972. The van der Waals surface area contributed by atoms with E-state index in [2.05, 4.69) is 15.3 Å². The molecule has 2 aliphatic heterocycles. The van der Waals surface area contributed by atoms with E-state index >= 15 is 0 Å². The summed E-state index contributed by atoms with van der Waals surface area (Å²) < 4.78 is 5.79. The van der Waals surface area contributed by atoms with Gasteiger partial charge in [0.2, 0.25) is 0 Å². The molecule has 2 aliphatic rings. The van der Waals surface area contributed by atoms with Crippen molar-refractivity contribution in [3.8, 4) is 0 Å². The Kier molecular flexibility index (Phi) is 2.25. The quantitative estimate of drug-likeness (QED) is 0.781. The van der Waals surface area contributed by atoms with Gasteiger partial charge in [-0.25, -0.2) is 4.98 Å². The van der Waals surface area contributed by atoms with Crippen LogP contribution >= 0.6 is 0 Å². The number of nitrogens with zero attached hydrogens (tertiary/aromatic N) is 1. The van der Waals surface area contributed by atoms with E-state index in [1.54, 1.807) is 0 Å². The lowest BCUT2D eigenvalue weighted by Gasteiger charge is -2.19. The monoisotopic (exact) mass is 207 g/mol. The van der Waals surface area contributed by atoms with Gasteiger partial charge in [-0.1, -0.05) is 0 Å². The molecule has 4 nitrogen and oxygen atoms in total. The zero-order valence-corrected chi connectivity index (χ0v) is 8.99. The third kappa shape index (κ3) is 1.79. The van der Waals surface area contributed by atoms with E-state index in [-0.39, 0.29) is 0 Å². The van der Waals surface area contributed by atoms with Gasteiger partial charge in [-0.05, 0) is 26.2 Å². The number of rotatable bonds is 3. The summed E-state index contributed by atoms with van der Waals surface area (Å²) in [6.45, 7) is 2.85. The molecule has 0 aliphatic carbocycles. The minimum absolute atomic E-state index is 0.457. The molecule has 1 aromatic rings. The van der Waals surface area contributed by atoms with Gasteiger partial charge in [0.1, 0.15) is 5.82 Å². The van der Waals surface area contributed by atoms with Gasteiger partial charge < -0.3 is 15.0 Å². The van der Waals surface area contributed by atoms with E-state index in [4.69, 9.17) is 4.74 Å². The average molecular weight is 207 g/mol. The molecule has 2 fully saturated rings. The smallest absolute Gasteiger partial charge is 0.103 e. The number of hydrogen-bond acceptors (Lipinski definition) is 3. The number of hydrogen-bond donors (Lipinski definition) is 2. The second-order valence-corrected chi connectivity index (χ2v) is 4.59. The molecular weight excluding hydrogens is 190 g/mol. The van der Waals surface area contributed by atoms with Gasteiger partial charge in [-0.3, -0.25) is 0 Å². The molecule has 2 saturated heterocycles. The molecule has 3 rings (SSSR count). The molecule has 15 heavy (non-hydrogen) atoms. The highest BCUT2D eigenvalue weighted by Gasteiger charge is 2.40. The van der Waals surface area contributed by atoms with Crippen molar-refractivity contribution in [2.75, 3.05) is 0 Å². The normalized spacial score (nSPS) is 33.8. The van der Waals surface area contributed by atoms with Crippen molar-refractivity contribution in [1.82, 2.24) is 15.3 Å².